The Balaban J connectivity index is 1.93. The maximum absolute atomic E-state index is 12.6. The van der Waals surface area contributed by atoms with E-state index in [0.717, 1.165) is 31.3 Å². The lowest BCUT2D eigenvalue weighted by molar-refractivity contribution is 0.107. The summed E-state index contributed by atoms with van der Waals surface area (Å²) in [4.78, 5) is 0. The Bertz CT molecular complexity index is 235. The third-order valence-electron chi connectivity index (χ3n) is 2.91. The van der Waals surface area contributed by atoms with E-state index in [2.05, 4.69) is 0 Å². The fourth-order valence-corrected chi connectivity index (χ4v) is 1.98. The summed E-state index contributed by atoms with van der Waals surface area (Å²) in [6.07, 6.45) is 5.71. The molecular formula is C10H15F2N. The Labute approximate surface area is 77.0 Å². The fraction of sp³-hybridized carbons (Fsp3) is 0.800. The van der Waals surface area contributed by atoms with Gasteiger partial charge in [-0.2, -0.15) is 0 Å². The van der Waals surface area contributed by atoms with Gasteiger partial charge in [0.05, 0.1) is 0 Å². The summed E-state index contributed by atoms with van der Waals surface area (Å²) in [6.45, 7) is 0. The van der Waals surface area contributed by atoms with E-state index in [9.17, 15) is 8.78 Å². The molecule has 1 nitrogen and oxygen atoms in total. The Hall–Kier alpha value is -0.440. The zero-order valence-corrected chi connectivity index (χ0v) is 7.60. The molecule has 0 saturated heterocycles. The van der Waals surface area contributed by atoms with Crippen molar-refractivity contribution in [2.75, 3.05) is 0 Å². The smallest absolute Gasteiger partial charge is 0.255 e. The van der Waals surface area contributed by atoms with E-state index in [1.165, 1.54) is 0 Å². The molecule has 2 aliphatic rings. The van der Waals surface area contributed by atoms with Crippen LogP contribution in [-0.4, -0.2) is 12.0 Å². The first-order chi connectivity index (χ1) is 6.08. The molecule has 2 aliphatic carbocycles. The van der Waals surface area contributed by atoms with Crippen LogP contribution in [0.15, 0.2) is 11.6 Å². The normalized spacial score (nSPS) is 40.7. The molecule has 0 radical (unpaired) electrons. The number of halogens is 2. The van der Waals surface area contributed by atoms with Crippen LogP contribution >= 0.6 is 0 Å². The van der Waals surface area contributed by atoms with E-state index < -0.39 is 11.8 Å². The van der Waals surface area contributed by atoms with Gasteiger partial charge in [-0.15, -0.1) is 0 Å². The van der Waals surface area contributed by atoms with Crippen LogP contribution in [0.1, 0.15) is 32.1 Å². The highest BCUT2D eigenvalue weighted by Gasteiger charge is 2.55. The molecule has 2 unspecified atom stereocenters. The zero-order valence-electron chi connectivity index (χ0n) is 7.60. The van der Waals surface area contributed by atoms with Crippen molar-refractivity contribution in [3.63, 3.8) is 0 Å². The molecule has 13 heavy (non-hydrogen) atoms. The Kier molecular flexibility index (Phi) is 2.14. The standard InChI is InChI=1S/C10H15F2N/c11-10(12)6-8(10)4-7-2-1-3-9(13)5-7/h4,8-9H,1-3,5-6,13H2/b7-4+. The van der Waals surface area contributed by atoms with Gasteiger partial charge in [0.1, 0.15) is 0 Å². The fourth-order valence-electron chi connectivity index (χ4n) is 1.98. The van der Waals surface area contributed by atoms with Crippen molar-refractivity contribution in [2.24, 2.45) is 11.7 Å². The summed E-state index contributed by atoms with van der Waals surface area (Å²) in [7, 11) is 0. The van der Waals surface area contributed by atoms with Gasteiger partial charge in [0.2, 0.25) is 0 Å². The maximum Gasteiger partial charge on any atom is 0.255 e. The predicted octanol–water partition coefficient (Wildman–Crippen LogP) is 2.47. The van der Waals surface area contributed by atoms with Gasteiger partial charge in [-0.25, -0.2) is 8.78 Å². The molecule has 0 spiro atoms. The van der Waals surface area contributed by atoms with Gasteiger partial charge in [-0.3, -0.25) is 0 Å². The lowest BCUT2D eigenvalue weighted by Gasteiger charge is -2.20. The highest BCUT2D eigenvalue weighted by molar-refractivity contribution is 5.16. The first-order valence-corrected chi connectivity index (χ1v) is 4.91. The first-order valence-electron chi connectivity index (χ1n) is 4.91. The van der Waals surface area contributed by atoms with Crippen LogP contribution in [0.25, 0.3) is 0 Å². The second kappa shape index (κ2) is 3.05. The lowest BCUT2D eigenvalue weighted by atomic mass is 9.90. The predicted molar refractivity (Wildman–Crippen MR) is 47.6 cm³/mol. The van der Waals surface area contributed by atoms with Gasteiger partial charge in [0.15, 0.2) is 0 Å². The van der Waals surface area contributed by atoms with Crippen LogP contribution in [0.4, 0.5) is 8.78 Å². The van der Waals surface area contributed by atoms with Crippen molar-refractivity contribution in [2.45, 2.75) is 44.1 Å². The minimum absolute atomic E-state index is 0.0474. The van der Waals surface area contributed by atoms with Crippen LogP contribution in [0.2, 0.25) is 0 Å². The number of alkyl halides is 2. The average molecular weight is 187 g/mol. The maximum atomic E-state index is 12.6. The van der Waals surface area contributed by atoms with E-state index in [0.29, 0.717) is 0 Å². The monoisotopic (exact) mass is 187 g/mol. The van der Waals surface area contributed by atoms with Crippen molar-refractivity contribution in [3.8, 4) is 0 Å². The van der Waals surface area contributed by atoms with E-state index >= 15 is 0 Å². The van der Waals surface area contributed by atoms with Crippen molar-refractivity contribution >= 4 is 0 Å². The summed E-state index contributed by atoms with van der Waals surface area (Å²) in [6, 6.07) is 0.201. The summed E-state index contributed by atoms with van der Waals surface area (Å²) >= 11 is 0. The minimum atomic E-state index is -2.41. The second-order valence-corrected chi connectivity index (χ2v) is 4.25. The van der Waals surface area contributed by atoms with Gasteiger partial charge in [-0.1, -0.05) is 11.6 Å². The summed E-state index contributed by atoms with van der Waals surface area (Å²) in [5, 5.41) is 0. The quantitative estimate of drug-likeness (QED) is 0.627. The Morgan fingerprint density at radius 1 is 1.46 bits per heavy atom. The molecule has 0 aromatic rings. The summed E-state index contributed by atoms with van der Waals surface area (Å²) in [5.41, 5.74) is 6.91. The van der Waals surface area contributed by atoms with E-state index in [4.69, 9.17) is 5.73 Å². The Morgan fingerprint density at radius 3 is 2.69 bits per heavy atom. The van der Waals surface area contributed by atoms with Crippen LogP contribution in [0.5, 0.6) is 0 Å². The molecule has 2 atom stereocenters. The van der Waals surface area contributed by atoms with Gasteiger partial charge in [-0.05, 0) is 25.7 Å². The number of nitrogens with two attached hydrogens (primary N) is 1. The molecule has 0 aromatic carbocycles. The summed E-state index contributed by atoms with van der Waals surface area (Å²) < 4.78 is 25.1. The molecule has 2 N–H and O–H groups in total. The largest absolute Gasteiger partial charge is 0.327 e. The molecule has 3 heteroatoms. The van der Waals surface area contributed by atoms with E-state index in [1.807, 2.05) is 0 Å². The molecule has 0 aromatic heterocycles. The van der Waals surface area contributed by atoms with Crippen LogP contribution in [0.3, 0.4) is 0 Å². The van der Waals surface area contributed by atoms with Crippen molar-refractivity contribution in [1.82, 2.24) is 0 Å². The highest BCUT2D eigenvalue weighted by Crippen LogP contribution is 2.50. The minimum Gasteiger partial charge on any atom is -0.327 e. The number of hydrogen-bond donors (Lipinski definition) is 1. The lowest BCUT2D eigenvalue weighted by Crippen LogP contribution is -2.23. The topological polar surface area (TPSA) is 26.0 Å². The first kappa shape index (κ1) is 9.13. The molecule has 74 valence electrons. The SMILES string of the molecule is NC1CCC/C(=C\C2CC2(F)F)C1. The molecule has 0 aliphatic heterocycles. The molecule has 2 rings (SSSR count). The molecule has 2 saturated carbocycles. The van der Waals surface area contributed by atoms with Crippen LogP contribution < -0.4 is 5.73 Å². The average Bonchev–Trinajstić information content (AvgIpc) is 2.58. The zero-order chi connectivity index (χ0) is 9.47. The molecule has 2 fully saturated rings. The molecule has 0 amide bonds. The third kappa shape index (κ3) is 2.08. The van der Waals surface area contributed by atoms with Crippen molar-refractivity contribution in [1.29, 1.82) is 0 Å². The van der Waals surface area contributed by atoms with E-state index in [1.54, 1.807) is 6.08 Å². The molecule has 0 bridgehead atoms. The van der Waals surface area contributed by atoms with Gasteiger partial charge in [0, 0.05) is 18.4 Å². The van der Waals surface area contributed by atoms with Gasteiger partial charge in [0.25, 0.3) is 5.92 Å². The second-order valence-electron chi connectivity index (χ2n) is 4.25. The summed E-state index contributed by atoms with van der Waals surface area (Å²) in [5.74, 6) is -2.89. The van der Waals surface area contributed by atoms with Crippen LogP contribution in [0, 0.1) is 5.92 Å². The number of allylic oxidation sites excluding steroid dienone is 1. The van der Waals surface area contributed by atoms with Crippen molar-refractivity contribution in [3.05, 3.63) is 11.6 Å². The molecule has 0 heterocycles. The van der Waals surface area contributed by atoms with E-state index in [-0.39, 0.29) is 12.5 Å². The third-order valence-corrected chi connectivity index (χ3v) is 2.91. The number of rotatable bonds is 1. The van der Waals surface area contributed by atoms with Gasteiger partial charge >= 0.3 is 0 Å². The highest BCUT2D eigenvalue weighted by atomic mass is 19.3. The van der Waals surface area contributed by atoms with Crippen molar-refractivity contribution < 1.29 is 8.78 Å². The van der Waals surface area contributed by atoms with Crippen LogP contribution in [-0.2, 0) is 0 Å². The number of hydrogen-bond acceptors (Lipinski definition) is 1. The Morgan fingerprint density at radius 2 is 2.15 bits per heavy atom. The van der Waals surface area contributed by atoms with Gasteiger partial charge < -0.3 is 5.73 Å². The molecular weight excluding hydrogens is 172 g/mol.